The summed E-state index contributed by atoms with van der Waals surface area (Å²) in [6.45, 7) is 0.650. The number of halogens is 1. The van der Waals surface area contributed by atoms with Crippen molar-refractivity contribution in [2.75, 3.05) is 22.1 Å². The summed E-state index contributed by atoms with van der Waals surface area (Å²) in [4.78, 5) is 39.7. The Morgan fingerprint density at radius 1 is 0.882 bits per heavy atom. The predicted molar refractivity (Wildman–Crippen MR) is 132 cm³/mol. The number of nitrogens with zero attached hydrogens (tertiary/aromatic N) is 1. The molecule has 4 rings (SSSR count). The second-order valence-electron chi connectivity index (χ2n) is 7.87. The Balaban J connectivity index is 1.50. The molecule has 174 valence electrons. The van der Waals surface area contributed by atoms with E-state index in [4.69, 9.17) is 16.3 Å². The lowest BCUT2D eigenvalue weighted by molar-refractivity contribution is -0.124. The second kappa shape index (κ2) is 10.9. The fourth-order valence-corrected chi connectivity index (χ4v) is 3.85. The van der Waals surface area contributed by atoms with Gasteiger partial charge < -0.3 is 15.0 Å². The molecule has 1 heterocycles. The van der Waals surface area contributed by atoms with Gasteiger partial charge in [-0.25, -0.2) is 4.79 Å². The molecule has 2 N–H and O–H groups in total. The van der Waals surface area contributed by atoms with Gasteiger partial charge in [0.1, 0.15) is 0 Å². The first kappa shape index (κ1) is 23.3. The first-order valence-corrected chi connectivity index (χ1v) is 11.4. The zero-order chi connectivity index (χ0) is 23.9. The number of nitrogens with one attached hydrogen (secondary N) is 2. The van der Waals surface area contributed by atoms with Crippen LogP contribution in [-0.2, 0) is 14.3 Å². The van der Waals surface area contributed by atoms with Gasteiger partial charge in [-0.15, -0.1) is 0 Å². The molecule has 8 heteroatoms. The number of anilines is 3. The molecule has 0 aliphatic carbocycles. The van der Waals surface area contributed by atoms with E-state index in [1.54, 1.807) is 71.6 Å². The third-order valence-corrected chi connectivity index (χ3v) is 5.66. The number of carbonyl (C=O) groups excluding carboxylic acids is 3. The molecular formula is C26H24ClN3O4. The number of hydrogen-bond acceptors (Lipinski definition) is 4. The summed E-state index contributed by atoms with van der Waals surface area (Å²) >= 11 is 5.88. The number of hydrogen-bond donors (Lipinski definition) is 2. The lowest BCUT2D eigenvalue weighted by atomic mass is 10.1. The lowest BCUT2D eigenvalue weighted by Crippen LogP contribution is -2.35. The van der Waals surface area contributed by atoms with Crippen LogP contribution in [0.2, 0.25) is 5.02 Å². The van der Waals surface area contributed by atoms with E-state index in [1.165, 1.54) is 0 Å². The summed E-state index contributed by atoms with van der Waals surface area (Å²) in [6, 6.07) is 22.4. The maximum Gasteiger partial charge on any atom is 0.412 e. The van der Waals surface area contributed by atoms with E-state index in [1.807, 2.05) is 12.1 Å². The molecule has 1 saturated heterocycles. The van der Waals surface area contributed by atoms with Crippen LogP contribution >= 0.6 is 11.6 Å². The minimum Gasteiger partial charge on any atom is -0.431 e. The Bertz CT molecular complexity index is 1170. The van der Waals surface area contributed by atoms with Crippen molar-refractivity contribution in [3.05, 3.63) is 89.4 Å². The fourth-order valence-electron chi connectivity index (χ4n) is 3.73. The van der Waals surface area contributed by atoms with Gasteiger partial charge in [0.15, 0.2) is 0 Å². The Kier molecular flexibility index (Phi) is 7.44. The molecule has 0 spiro atoms. The van der Waals surface area contributed by atoms with Crippen molar-refractivity contribution in [1.29, 1.82) is 0 Å². The molecule has 7 nitrogen and oxygen atoms in total. The molecule has 1 fully saturated rings. The number of amides is 3. The van der Waals surface area contributed by atoms with Crippen molar-refractivity contribution in [2.45, 2.75) is 25.4 Å². The van der Waals surface area contributed by atoms with E-state index >= 15 is 0 Å². The normalized spacial score (nSPS) is 14.3. The van der Waals surface area contributed by atoms with Gasteiger partial charge in [-0.1, -0.05) is 48.0 Å². The van der Waals surface area contributed by atoms with Crippen molar-refractivity contribution < 1.29 is 19.1 Å². The quantitative estimate of drug-likeness (QED) is 0.470. The smallest absolute Gasteiger partial charge is 0.412 e. The van der Waals surface area contributed by atoms with Gasteiger partial charge in [0.05, 0.1) is 0 Å². The molecule has 0 saturated carbocycles. The van der Waals surface area contributed by atoms with E-state index in [9.17, 15) is 14.4 Å². The Morgan fingerprint density at radius 2 is 1.65 bits per heavy atom. The average Bonchev–Trinajstić information content (AvgIpc) is 2.85. The molecule has 1 atom stereocenters. The van der Waals surface area contributed by atoms with Gasteiger partial charge in [-0.2, -0.15) is 0 Å². The van der Waals surface area contributed by atoms with Crippen LogP contribution in [0, 0.1) is 0 Å². The average molecular weight is 478 g/mol. The summed E-state index contributed by atoms with van der Waals surface area (Å²) in [5.41, 5.74) is 2.23. The molecule has 1 aliphatic rings. The second-order valence-corrected chi connectivity index (χ2v) is 8.31. The van der Waals surface area contributed by atoms with Gasteiger partial charge in [0.25, 0.3) is 5.91 Å². The Morgan fingerprint density at radius 3 is 2.38 bits per heavy atom. The highest BCUT2D eigenvalue weighted by Gasteiger charge is 2.26. The third-order valence-electron chi connectivity index (χ3n) is 5.40. The molecule has 0 bridgehead atoms. The van der Waals surface area contributed by atoms with Crippen LogP contribution in [0.25, 0.3) is 0 Å². The van der Waals surface area contributed by atoms with E-state index in [2.05, 4.69) is 10.6 Å². The summed E-state index contributed by atoms with van der Waals surface area (Å²) < 4.78 is 5.51. The van der Waals surface area contributed by atoms with Gasteiger partial charge in [0.2, 0.25) is 12.0 Å². The number of rotatable bonds is 6. The first-order chi connectivity index (χ1) is 16.5. The Labute approximate surface area is 202 Å². The van der Waals surface area contributed by atoms with Crippen LogP contribution < -0.4 is 15.5 Å². The molecule has 3 aromatic carbocycles. The topological polar surface area (TPSA) is 87.7 Å². The van der Waals surface area contributed by atoms with E-state index in [0.29, 0.717) is 34.9 Å². The molecule has 34 heavy (non-hydrogen) atoms. The van der Waals surface area contributed by atoms with Crippen molar-refractivity contribution in [1.82, 2.24) is 0 Å². The standard InChI is InChI=1S/C26H24ClN3O4/c27-19-12-14-20(15-13-19)29-26(33)34-24(18-7-2-1-3-8-18)25(32)28-21-9-6-10-22(17-21)30-16-5-4-11-23(30)31/h1-3,6-10,12-15,17,24H,4-5,11,16H2,(H,28,32)(H,29,33)/t24-/m1/s1. The fraction of sp³-hybridized carbons (Fsp3) is 0.192. The minimum atomic E-state index is -1.19. The minimum absolute atomic E-state index is 0.0686. The van der Waals surface area contributed by atoms with Crippen molar-refractivity contribution in [3.8, 4) is 0 Å². The summed E-state index contributed by atoms with van der Waals surface area (Å²) in [5, 5.41) is 5.95. The maximum absolute atomic E-state index is 13.2. The highest BCUT2D eigenvalue weighted by atomic mass is 35.5. The van der Waals surface area contributed by atoms with Crippen LogP contribution in [-0.4, -0.2) is 24.5 Å². The number of ether oxygens (including phenoxy) is 1. The van der Waals surface area contributed by atoms with Crippen molar-refractivity contribution in [3.63, 3.8) is 0 Å². The molecular weight excluding hydrogens is 454 g/mol. The molecule has 1 aliphatic heterocycles. The third kappa shape index (κ3) is 5.94. The Hall–Kier alpha value is -3.84. The number of carbonyl (C=O) groups is 3. The highest BCUT2D eigenvalue weighted by Crippen LogP contribution is 2.26. The van der Waals surface area contributed by atoms with Crippen molar-refractivity contribution >= 4 is 46.6 Å². The first-order valence-electron chi connectivity index (χ1n) is 11.0. The van der Waals surface area contributed by atoms with Crippen LogP contribution in [0.4, 0.5) is 21.9 Å². The summed E-state index contributed by atoms with van der Waals surface area (Å²) in [5.74, 6) is -0.446. The van der Waals surface area contributed by atoms with Gasteiger partial charge in [0, 0.05) is 40.6 Å². The van der Waals surface area contributed by atoms with Crippen LogP contribution in [0.5, 0.6) is 0 Å². The zero-order valence-electron chi connectivity index (χ0n) is 18.4. The van der Waals surface area contributed by atoms with E-state index in [-0.39, 0.29) is 5.91 Å². The van der Waals surface area contributed by atoms with Gasteiger partial charge >= 0.3 is 6.09 Å². The maximum atomic E-state index is 13.2. The lowest BCUT2D eigenvalue weighted by Gasteiger charge is -2.27. The SMILES string of the molecule is O=C(Nc1ccc(Cl)cc1)O[C@@H](C(=O)Nc1cccc(N2CCCCC2=O)c1)c1ccccc1. The number of benzene rings is 3. The van der Waals surface area contributed by atoms with Crippen LogP contribution in [0.1, 0.15) is 30.9 Å². The molecule has 0 aromatic heterocycles. The van der Waals surface area contributed by atoms with E-state index in [0.717, 1.165) is 18.5 Å². The highest BCUT2D eigenvalue weighted by molar-refractivity contribution is 6.30. The molecule has 0 unspecified atom stereocenters. The predicted octanol–water partition coefficient (Wildman–Crippen LogP) is 5.79. The van der Waals surface area contributed by atoms with Crippen molar-refractivity contribution in [2.24, 2.45) is 0 Å². The number of piperidine rings is 1. The molecule has 3 aromatic rings. The van der Waals surface area contributed by atoms with E-state index < -0.39 is 18.1 Å². The van der Waals surface area contributed by atoms with Crippen LogP contribution in [0.3, 0.4) is 0 Å². The monoisotopic (exact) mass is 477 g/mol. The van der Waals surface area contributed by atoms with Gasteiger partial charge in [-0.05, 0) is 55.3 Å². The molecule has 0 radical (unpaired) electrons. The van der Waals surface area contributed by atoms with Gasteiger partial charge in [-0.3, -0.25) is 14.9 Å². The largest absolute Gasteiger partial charge is 0.431 e. The summed E-state index contributed by atoms with van der Waals surface area (Å²) in [6.07, 6.45) is 0.380. The van der Waals surface area contributed by atoms with Crippen LogP contribution in [0.15, 0.2) is 78.9 Å². The zero-order valence-corrected chi connectivity index (χ0v) is 19.1. The molecule has 3 amide bonds. The summed E-state index contributed by atoms with van der Waals surface area (Å²) in [7, 11) is 0.